The molecule has 0 bridgehead atoms. The first-order valence-corrected chi connectivity index (χ1v) is 12.4. The number of amides is 2. The van der Waals surface area contributed by atoms with Gasteiger partial charge in [-0.2, -0.15) is 0 Å². The number of hydrogen-bond donors (Lipinski definition) is 3. The van der Waals surface area contributed by atoms with Crippen molar-refractivity contribution in [1.29, 1.82) is 0 Å². The second-order valence-corrected chi connectivity index (χ2v) is 10.4. The minimum atomic E-state index is -0.157. The van der Waals surface area contributed by atoms with Gasteiger partial charge in [0.25, 0.3) is 0 Å². The molecule has 12 heteroatoms. The number of fused-ring (bicyclic) bond motifs is 3. The van der Waals surface area contributed by atoms with E-state index in [1.165, 1.54) is 11.8 Å². The second kappa shape index (κ2) is 8.14. The highest BCUT2D eigenvalue weighted by molar-refractivity contribution is 7.99. The first-order valence-electron chi connectivity index (χ1n) is 11.6. The molecule has 0 aliphatic carbocycles. The van der Waals surface area contributed by atoms with Crippen LogP contribution in [0.15, 0.2) is 28.4 Å². The summed E-state index contributed by atoms with van der Waals surface area (Å²) in [6, 6.07) is 1.70. The maximum Gasteiger partial charge on any atom is 0.323 e. The molecule has 5 N–H and O–H groups in total. The fourth-order valence-corrected chi connectivity index (χ4v) is 6.14. The molecule has 4 aliphatic rings. The van der Waals surface area contributed by atoms with Crippen LogP contribution < -0.4 is 31.3 Å². The Bertz CT molecular complexity index is 1130. The van der Waals surface area contributed by atoms with Crippen molar-refractivity contribution in [1.82, 2.24) is 20.3 Å². The topological polar surface area (TPSA) is 145 Å². The van der Waals surface area contributed by atoms with Gasteiger partial charge in [0.2, 0.25) is 0 Å². The van der Waals surface area contributed by atoms with Crippen LogP contribution in [0.25, 0.3) is 0 Å². The number of anilines is 3. The quantitative estimate of drug-likeness (QED) is 0.581. The lowest BCUT2D eigenvalue weighted by atomic mass is 9.73. The molecule has 1 spiro atoms. The lowest BCUT2D eigenvalue weighted by molar-refractivity contribution is 0.0974. The van der Waals surface area contributed by atoms with Gasteiger partial charge in [0.15, 0.2) is 17.4 Å². The number of carbonyl (C=O) groups is 1. The molecule has 0 aromatic carbocycles. The van der Waals surface area contributed by atoms with Crippen molar-refractivity contribution in [3.8, 4) is 5.75 Å². The van der Waals surface area contributed by atoms with Crippen LogP contribution in [0.3, 0.4) is 0 Å². The van der Waals surface area contributed by atoms with Gasteiger partial charge in [0.05, 0.1) is 29.8 Å². The molecule has 11 nitrogen and oxygen atoms in total. The molecule has 3 fully saturated rings. The summed E-state index contributed by atoms with van der Waals surface area (Å²) in [5.41, 5.74) is 12.8. The van der Waals surface area contributed by atoms with Crippen molar-refractivity contribution in [3.05, 3.63) is 18.5 Å². The third-order valence-corrected chi connectivity index (χ3v) is 8.51. The Balaban J connectivity index is 1.18. The minimum Gasteiger partial charge on any atom is -0.486 e. The number of hydrogen-bond acceptors (Lipinski definition) is 10. The van der Waals surface area contributed by atoms with Crippen molar-refractivity contribution >= 4 is 35.2 Å². The zero-order chi connectivity index (χ0) is 23.4. The summed E-state index contributed by atoms with van der Waals surface area (Å²) < 4.78 is 11.8. The number of ether oxygens (including phenoxy) is 2. The Morgan fingerprint density at radius 1 is 1.29 bits per heavy atom. The molecular weight excluding hydrogens is 456 g/mol. The van der Waals surface area contributed by atoms with Crippen LogP contribution in [0, 0.1) is 5.41 Å². The third-order valence-electron chi connectivity index (χ3n) is 7.46. The number of nitrogen functional groups attached to an aromatic ring is 1. The van der Waals surface area contributed by atoms with E-state index in [-0.39, 0.29) is 29.6 Å². The number of urea groups is 1. The average molecular weight is 485 g/mol. The van der Waals surface area contributed by atoms with Crippen molar-refractivity contribution in [2.75, 3.05) is 48.4 Å². The average Bonchev–Trinajstić information content (AvgIpc) is 3.36. The molecule has 4 aliphatic heterocycles. The van der Waals surface area contributed by atoms with Crippen LogP contribution in [0.5, 0.6) is 5.75 Å². The Hall–Kier alpha value is -2.83. The van der Waals surface area contributed by atoms with E-state index in [2.05, 4.69) is 32.1 Å². The number of nitrogens with one attached hydrogen (secondary N) is 1. The summed E-state index contributed by atoms with van der Waals surface area (Å²) in [7, 11) is 0. The molecule has 3 saturated heterocycles. The van der Waals surface area contributed by atoms with Crippen molar-refractivity contribution in [2.45, 2.75) is 47.9 Å². The van der Waals surface area contributed by atoms with E-state index < -0.39 is 0 Å². The van der Waals surface area contributed by atoms with Gasteiger partial charge in [0, 0.05) is 37.3 Å². The van der Waals surface area contributed by atoms with Crippen molar-refractivity contribution in [2.24, 2.45) is 11.1 Å². The number of carbonyl (C=O) groups excluding carboxylic acids is 1. The number of aromatic nitrogens is 3. The monoisotopic (exact) mass is 484 g/mol. The smallest absolute Gasteiger partial charge is 0.323 e. The van der Waals surface area contributed by atoms with Crippen LogP contribution in [-0.2, 0) is 4.74 Å². The van der Waals surface area contributed by atoms with Crippen LogP contribution in [0.1, 0.15) is 19.8 Å². The van der Waals surface area contributed by atoms with Gasteiger partial charge in [-0.1, -0.05) is 11.8 Å². The molecule has 6 heterocycles. The number of piperidine rings is 1. The maximum absolute atomic E-state index is 12.3. The van der Waals surface area contributed by atoms with Gasteiger partial charge in [-0.15, -0.1) is 0 Å². The van der Waals surface area contributed by atoms with E-state index in [0.717, 1.165) is 43.3 Å². The summed E-state index contributed by atoms with van der Waals surface area (Å²) in [5, 5.41) is 3.42. The molecule has 2 amide bonds. The molecule has 0 radical (unpaired) electrons. The van der Waals surface area contributed by atoms with E-state index in [9.17, 15) is 4.79 Å². The number of nitrogens with zero attached hydrogens (tertiary/aromatic N) is 5. The Kier molecular flexibility index (Phi) is 5.19. The molecule has 6 rings (SSSR count). The Labute approximate surface area is 201 Å². The fraction of sp³-hybridized carbons (Fsp3) is 0.545. The fourth-order valence-electron chi connectivity index (χ4n) is 5.31. The zero-order valence-corrected chi connectivity index (χ0v) is 19.8. The Morgan fingerprint density at radius 2 is 2.12 bits per heavy atom. The maximum atomic E-state index is 12.3. The first-order chi connectivity index (χ1) is 16.4. The summed E-state index contributed by atoms with van der Waals surface area (Å²) in [6.45, 7) is 5.43. The second-order valence-electron chi connectivity index (χ2n) is 9.39. The number of pyridine rings is 1. The van der Waals surface area contributed by atoms with E-state index >= 15 is 0 Å². The normalized spacial score (nSPS) is 27.4. The third kappa shape index (κ3) is 3.43. The van der Waals surface area contributed by atoms with Crippen molar-refractivity contribution < 1.29 is 14.3 Å². The van der Waals surface area contributed by atoms with Crippen LogP contribution >= 0.6 is 11.8 Å². The summed E-state index contributed by atoms with van der Waals surface area (Å²) in [5.74, 6) is 2.21. The zero-order valence-electron chi connectivity index (χ0n) is 18.9. The van der Waals surface area contributed by atoms with Gasteiger partial charge in [-0.25, -0.2) is 19.7 Å². The summed E-state index contributed by atoms with van der Waals surface area (Å²) in [4.78, 5) is 30.6. The highest BCUT2D eigenvalue weighted by atomic mass is 32.2. The lowest BCUT2D eigenvalue weighted by Crippen LogP contribution is -2.50. The number of rotatable bonds is 3. The highest BCUT2D eigenvalue weighted by Gasteiger charge is 2.47. The summed E-state index contributed by atoms with van der Waals surface area (Å²) >= 11 is 1.36. The SMILES string of the molecule is C[C@@H]1OCC2(CCN(c3cnc(Sc4ccnc5c4OCC4CNC(=O)N54)c(N)n3)CC2)[C@@H]1N. The van der Waals surface area contributed by atoms with Crippen molar-refractivity contribution in [3.63, 3.8) is 0 Å². The first kappa shape index (κ1) is 21.7. The highest BCUT2D eigenvalue weighted by Crippen LogP contribution is 2.45. The molecule has 180 valence electrons. The lowest BCUT2D eigenvalue weighted by Gasteiger charge is -2.41. The van der Waals surface area contributed by atoms with Crippen LogP contribution in [0.2, 0.25) is 0 Å². The van der Waals surface area contributed by atoms with E-state index in [1.807, 2.05) is 6.07 Å². The molecule has 0 saturated carbocycles. The predicted octanol–water partition coefficient (Wildman–Crippen LogP) is 1.23. The van der Waals surface area contributed by atoms with E-state index in [4.69, 9.17) is 20.9 Å². The van der Waals surface area contributed by atoms with Gasteiger partial charge in [-0.3, -0.25) is 4.90 Å². The molecule has 3 atom stereocenters. The number of nitrogens with two attached hydrogens (primary N) is 2. The van der Waals surface area contributed by atoms with Gasteiger partial charge >= 0.3 is 6.03 Å². The minimum absolute atomic E-state index is 0.0471. The van der Waals surface area contributed by atoms with Crippen LogP contribution in [0.4, 0.5) is 22.2 Å². The van der Waals surface area contributed by atoms with Gasteiger partial charge in [-0.05, 0) is 25.8 Å². The Morgan fingerprint density at radius 3 is 2.85 bits per heavy atom. The summed E-state index contributed by atoms with van der Waals surface area (Å²) in [6.07, 6.45) is 5.46. The van der Waals surface area contributed by atoms with Gasteiger partial charge in [0.1, 0.15) is 17.5 Å². The molecule has 2 aromatic heterocycles. The standard InChI is InChI=1S/C22H28N8O3S/c1-12-17(23)22(11-33-12)3-6-29(7-4-22)15-9-26-20(18(24)28-15)34-14-2-5-25-19-16(14)32-10-13-8-27-21(31)30(13)19/h2,5,9,12-13,17H,3-4,6-8,10-11,23H2,1H3,(H2,24,28)(H,27,31)/t12-,13?,17+/m0/s1. The molecule has 2 aromatic rings. The molecule has 34 heavy (non-hydrogen) atoms. The van der Waals surface area contributed by atoms with Crippen LogP contribution in [-0.4, -0.2) is 72.0 Å². The predicted molar refractivity (Wildman–Crippen MR) is 127 cm³/mol. The van der Waals surface area contributed by atoms with E-state index in [1.54, 1.807) is 17.3 Å². The largest absolute Gasteiger partial charge is 0.486 e. The van der Waals surface area contributed by atoms with E-state index in [0.29, 0.717) is 35.6 Å². The molecular formula is C22H28N8O3S. The van der Waals surface area contributed by atoms with Gasteiger partial charge < -0.3 is 31.2 Å². The molecule has 1 unspecified atom stereocenters.